The maximum Gasteiger partial charge on any atom is 0.0546 e. The summed E-state index contributed by atoms with van der Waals surface area (Å²) in [4.78, 5) is 2.59. The third-order valence-electron chi connectivity index (χ3n) is 13.4. The Hall–Kier alpha value is -4.92. The zero-order valence-electron chi connectivity index (χ0n) is 28.0. The minimum absolute atomic E-state index is 0.127. The molecule has 1 aromatic heterocycles. The van der Waals surface area contributed by atoms with Crippen molar-refractivity contribution in [2.24, 2.45) is 23.7 Å². The van der Waals surface area contributed by atoms with Crippen LogP contribution in [0.25, 0.3) is 52.8 Å². The van der Waals surface area contributed by atoms with Crippen molar-refractivity contribution in [2.45, 2.75) is 37.5 Å². The van der Waals surface area contributed by atoms with Crippen molar-refractivity contribution in [1.29, 1.82) is 0 Å². The molecule has 4 fully saturated rings. The standard InChI is InChI=1S/C48H37NS/c1-2-10-36-31(9-1)26-45(40-13-4-3-11-37(36)40)49(35-18-20-42-41-14-6-8-16-46(41)50-47(42)28-35)34-17-19-39-38-12-5-7-15-43(38)48(44(39)27-34)32-22-29-21-30(24-32)25-33(48)23-29/h1-20,26-30,32-33H,21-25H2. The average molecular weight is 660 g/mol. The molecule has 4 bridgehead atoms. The number of nitrogens with zero attached hydrogens (tertiary/aromatic N) is 1. The molecule has 2 heteroatoms. The molecule has 0 unspecified atom stereocenters. The van der Waals surface area contributed by atoms with Crippen LogP contribution in [0.2, 0.25) is 0 Å². The van der Waals surface area contributed by atoms with E-state index >= 15 is 0 Å². The van der Waals surface area contributed by atoms with Gasteiger partial charge in [0.05, 0.1) is 5.69 Å². The van der Waals surface area contributed by atoms with Crippen LogP contribution < -0.4 is 4.90 Å². The second-order valence-electron chi connectivity index (χ2n) is 15.7. The zero-order valence-corrected chi connectivity index (χ0v) is 28.8. The van der Waals surface area contributed by atoms with Crippen molar-refractivity contribution in [1.82, 2.24) is 0 Å². The molecular formula is C48H37NS. The fraction of sp³-hybridized carbons (Fsp3) is 0.208. The quantitative estimate of drug-likeness (QED) is 0.171. The van der Waals surface area contributed by atoms with Crippen LogP contribution in [0, 0.1) is 23.7 Å². The Morgan fingerprint density at radius 2 is 1.08 bits per heavy atom. The fourth-order valence-corrected chi connectivity index (χ4v) is 12.9. The first-order valence-electron chi connectivity index (χ1n) is 18.6. The van der Waals surface area contributed by atoms with Crippen molar-refractivity contribution < 1.29 is 0 Å². The summed E-state index contributed by atoms with van der Waals surface area (Å²) in [6.45, 7) is 0. The highest BCUT2D eigenvalue weighted by Gasteiger charge is 2.61. The topological polar surface area (TPSA) is 3.24 Å². The smallest absolute Gasteiger partial charge is 0.0546 e. The van der Waals surface area contributed by atoms with Gasteiger partial charge < -0.3 is 4.90 Å². The number of hydrogen-bond acceptors (Lipinski definition) is 2. The molecular weight excluding hydrogens is 623 g/mol. The summed E-state index contributed by atoms with van der Waals surface area (Å²) < 4.78 is 2.69. The second-order valence-corrected chi connectivity index (χ2v) is 16.8. The monoisotopic (exact) mass is 659 g/mol. The van der Waals surface area contributed by atoms with E-state index in [4.69, 9.17) is 0 Å². The summed E-state index contributed by atoms with van der Waals surface area (Å²) in [5.41, 5.74) is 10.0. The van der Waals surface area contributed by atoms with Crippen LogP contribution in [0.3, 0.4) is 0 Å². The largest absolute Gasteiger partial charge is 0.310 e. The molecule has 0 atom stereocenters. The molecule has 0 N–H and O–H groups in total. The Labute approximate surface area is 296 Å². The number of hydrogen-bond donors (Lipinski definition) is 0. The zero-order chi connectivity index (χ0) is 32.6. The van der Waals surface area contributed by atoms with Gasteiger partial charge >= 0.3 is 0 Å². The van der Waals surface area contributed by atoms with Crippen molar-refractivity contribution in [3.05, 3.63) is 151 Å². The molecule has 5 aliphatic rings. The minimum Gasteiger partial charge on any atom is -0.310 e. The van der Waals surface area contributed by atoms with Crippen LogP contribution in [0.1, 0.15) is 43.2 Å². The molecule has 8 aromatic rings. The van der Waals surface area contributed by atoms with E-state index in [1.807, 2.05) is 11.3 Å². The van der Waals surface area contributed by atoms with Crippen LogP contribution in [0.5, 0.6) is 0 Å². The van der Waals surface area contributed by atoms with Gasteiger partial charge in [-0.15, -0.1) is 11.3 Å². The molecule has 1 spiro atoms. The van der Waals surface area contributed by atoms with E-state index in [0.29, 0.717) is 0 Å². The van der Waals surface area contributed by atoms with Gasteiger partial charge in [0.25, 0.3) is 0 Å². The lowest BCUT2D eigenvalue weighted by atomic mass is 9.43. The van der Waals surface area contributed by atoms with Crippen LogP contribution in [-0.2, 0) is 5.41 Å². The Balaban J connectivity index is 1.14. The van der Waals surface area contributed by atoms with Gasteiger partial charge in [0, 0.05) is 42.3 Å². The fourth-order valence-electron chi connectivity index (χ4n) is 11.8. The van der Waals surface area contributed by atoms with Gasteiger partial charge in [-0.05, 0) is 131 Å². The van der Waals surface area contributed by atoms with Gasteiger partial charge in [-0.2, -0.15) is 0 Å². The number of rotatable bonds is 3. The van der Waals surface area contributed by atoms with E-state index < -0.39 is 0 Å². The van der Waals surface area contributed by atoms with Crippen molar-refractivity contribution in [2.75, 3.05) is 4.90 Å². The molecule has 0 saturated heterocycles. The summed E-state index contributed by atoms with van der Waals surface area (Å²) in [6, 6.07) is 53.4. The molecule has 13 rings (SSSR count). The highest BCUT2D eigenvalue weighted by Crippen LogP contribution is 2.69. The van der Waals surface area contributed by atoms with Crippen LogP contribution in [0.15, 0.2) is 140 Å². The van der Waals surface area contributed by atoms with Gasteiger partial charge in [-0.25, -0.2) is 0 Å². The van der Waals surface area contributed by atoms with Gasteiger partial charge in [0.15, 0.2) is 0 Å². The highest BCUT2D eigenvalue weighted by molar-refractivity contribution is 7.25. The third kappa shape index (κ3) is 3.62. The first-order chi connectivity index (χ1) is 24.7. The molecule has 5 aliphatic carbocycles. The Kier molecular flexibility index (Phi) is 5.62. The Morgan fingerprint density at radius 1 is 0.460 bits per heavy atom. The van der Waals surface area contributed by atoms with Gasteiger partial charge in [-0.3, -0.25) is 0 Å². The molecule has 4 saturated carbocycles. The van der Waals surface area contributed by atoms with Gasteiger partial charge in [-0.1, -0.05) is 103 Å². The first-order valence-corrected chi connectivity index (χ1v) is 19.4. The predicted molar refractivity (Wildman–Crippen MR) is 212 cm³/mol. The van der Waals surface area contributed by atoms with Crippen molar-refractivity contribution >= 4 is 70.1 Å². The maximum atomic E-state index is 2.65. The number of benzene rings is 7. The third-order valence-corrected chi connectivity index (χ3v) is 14.5. The Morgan fingerprint density at radius 3 is 1.92 bits per heavy atom. The summed E-state index contributed by atoms with van der Waals surface area (Å²) in [7, 11) is 0. The summed E-state index contributed by atoms with van der Waals surface area (Å²) in [5, 5.41) is 7.87. The highest BCUT2D eigenvalue weighted by atomic mass is 32.1. The lowest BCUT2D eigenvalue weighted by Crippen LogP contribution is -2.55. The average Bonchev–Trinajstić information content (AvgIpc) is 3.67. The SMILES string of the molecule is c1ccc2c(c1)-c1ccc(N(c3ccc4c(c3)sc3ccccc34)c3cc4ccccc4c4ccccc34)cc1C21C2CC3CC(C2)CC1C3. The lowest BCUT2D eigenvalue weighted by Gasteiger charge is -2.61. The van der Waals surface area contributed by atoms with E-state index in [0.717, 1.165) is 23.7 Å². The molecule has 1 heterocycles. The summed E-state index contributed by atoms with van der Waals surface area (Å²) >= 11 is 1.91. The normalized spacial score (nSPS) is 24.5. The van der Waals surface area contributed by atoms with Gasteiger partial charge in [0.1, 0.15) is 0 Å². The van der Waals surface area contributed by atoms with E-state index in [1.54, 1.807) is 11.1 Å². The van der Waals surface area contributed by atoms with Crippen LogP contribution >= 0.6 is 11.3 Å². The first kappa shape index (κ1) is 27.9. The van der Waals surface area contributed by atoms with E-state index in [9.17, 15) is 0 Å². The minimum atomic E-state index is 0.127. The molecule has 240 valence electrons. The molecule has 1 nitrogen and oxygen atoms in total. The van der Waals surface area contributed by atoms with Crippen molar-refractivity contribution in [3.8, 4) is 11.1 Å². The number of anilines is 3. The molecule has 0 aliphatic heterocycles. The van der Waals surface area contributed by atoms with Crippen LogP contribution in [0.4, 0.5) is 17.1 Å². The van der Waals surface area contributed by atoms with Crippen molar-refractivity contribution in [3.63, 3.8) is 0 Å². The van der Waals surface area contributed by atoms with E-state index in [2.05, 4.69) is 144 Å². The Bertz CT molecular complexity index is 2670. The molecule has 0 radical (unpaired) electrons. The van der Waals surface area contributed by atoms with Crippen LogP contribution in [-0.4, -0.2) is 0 Å². The summed E-state index contributed by atoms with van der Waals surface area (Å²) in [5.74, 6) is 3.33. The predicted octanol–water partition coefficient (Wildman–Crippen LogP) is 13.6. The number of fused-ring (bicyclic) bond motifs is 9. The van der Waals surface area contributed by atoms with E-state index in [1.165, 1.54) is 102 Å². The lowest BCUT2D eigenvalue weighted by molar-refractivity contribution is -0.0399. The second kappa shape index (κ2) is 10.1. The molecule has 50 heavy (non-hydrogen) atoms. The maximum absolute atomic E-state index is 2.65. The van der Waals surface area contributed by atoms with E-state index in [-0.39, 0.29) is 5.41 Å². The summed E-state index contributed by atoms with van der Waals surface area (Å²) in [6.07, 6.45) is 7.05. The number of thiophene rings is 1. The van der Waals surface area contributed by atoms with Gasteiger partial charge in [0.2, 0.25) is 0 Å². The molecule has 7 aromatic carbocycles. The molecule has 0 amide bonds.